The number of phosphoric acid groups is 1. The zero-order valence-electron chi connectivity index (χ0n) is 30.4. The summed E-state index contributed by atoms with van der Waals surface area (Å²) in [7, 11) is -4.63. The maximum Gasteiger partial charge on any atom is 0.472 e. The van der Waals surface area contributed by atoms with Gasteiger partial charge in [0.1, 0.15) is 12.7 Å². The molecule has 11 heteroatoms. The van der Waals surface area contributed by atoms with Crippen LogP contribution in [0.5, 0.6) is 0 Å². The van der Waals surface area contributed by atoms with E-state index >= 15 is 0 Å². The van der Waals surface area contributed by atoms with Gasteiger partial charge in [0, 0.05) is 12.8 Å². The van der Waals surface area contributed by atoms with Gasteiger partial charge in [-0.1, -0.05) is 140 Å². The Hall–Kier alpha value is -2.07. The van der Waals surface area contributed by atoms with Gasteiger partial charge in [-0.05, 0) is 38.5 Å². The number of carbonyl (C=O) groups excluding carboxylic acids is 2. The number of hydrogen-bond acceptors (Lipinski definition) is 9. The van der Waals surface area contributed by atoms with Crippen LogP contribution in [0.15, 0.2) is 48.6 Å². The highest BCUT2D eigenvalue weighted by Crippen LogP contribution is 2.43. The largest absolute Gasteiger partial charge is 0.472 e. The first-order valence-electron chi connectivity index (χ1n) is 18.6. The first-order valence-corrected chi connectivity index (χ1v) is 20.1. The maximum absolute atomic E-state index is 12.5. The highest BCUT2D eigenvalue weighted by Gasteiger charge is 2.27. The van der Waals surface area contributed by atoms with Gasteiger partial charge in [0.05, 0.1) is 19.8 Å². The summed E-state index contributed by atoms with van der Waals surface area (Å²) in [4.78, 5) is 34.7. The van der Waals surface area contributed by atoms with Crippen LogP contribution >= 0.6 is 7.82 Å². The van der Waals surface area contributed by atoms with E-state index in [4.69, 9.17) is 19.1 Å². The average Bonchev–Trinajstić information content (AvgIpc) is 3.09. The molecule has 0 radical (unpaired) electrons. The lowest BCUT2D eigenvalue weighted by molar-refractivity contribution is -0.161. The molecule has 0 aromatic rings. The first kappa shape index (κ1) is 46.9. The third-order valence-electron chi connectivity index (χ3n) is 7.51. The highest BCUT2D eigenvalue weighted by atomic mass is 31.2. The average molecular weight is 715 g/mol. The fraction of sp³-hybridized carbons (Fsp3) is 0.737. The SMILES string of the molecule is CC/C=C\C/C=C\C/C=C\C/C=C\CCC(=O)OC(COC(=O)CCCCCCCCCCCCCCC)COP(=O)(O)OCC(O)CO. The van der Waals surface area contributed by atoms with Crippen LogP contribution in [-0.4, -0.2) is 65.7 Å². The summed E-state index contributed by atoms with van der Waals surface area (Å²) >= 11 is 0. The highest BCUT2D eigenvalue weighted by molar-refractivity contribution is 7.47. The molecule has 0 spiro atoms. The van der Waals surface area contributed by atoms with Crippen molar-refractivity contribution in [3.8, 4) is 0 Å². The van der Waals surface area contributed by atoms with E-state index in [9.17, 15) is 24.2 Å². The second kappa shape index (κ2) is 34.4. The number of aliphatic hydroxyl groups is 2. The van der Waals surface area contributed by atoms with Crippen LogP contribution in [0.25, 0.3) is 0 Å². The molecule has 3 N–H and O–H groups in total. The van der Waals surface area contributed by atoms with E-state index < -0.39 is 51.8 Å². The van der Waals surface area contributed by atoms with Crippen molar-refractivity contribution in [2.75, 3.05) is 26.4 Å². The summed E-state index contributed by atoms with van der Waals surface area (Å²) in [5.41, 5.74) is 0. The number of phosphoric ester groups is 1. The smallest absolute Gasteiger partial charge is 0.462 e. The molecule has 0 aliphatic rings. The Morgan fingerprint density at radius 1 is 0.633 bits per heavy atom. The van der Waals surface area contributed by atoms with E-state index in [-0.39, 0.29) is 19.4 Å². The fourth-order valence-electron chi connectivity index (χ4n) is 4.65. The molecule has 284 valence electrons. The van der Waals surface area contributed by atoms with Gasteiger partial charge in [-0.15, -0.1) is 0 Å². The third kappa shape index (κ3) is 34.2. The second-order valence-electron chi connectivity index (χ2n) is 12.2. The van der Waals surface area contributed by atoms with Crippen molar-refractivity contribution in [1.29, 1.82) is 0 Å². The van der Waals surface area contributed by atoms with Crippen LogP contribution in [0.2, 0.25) is 0 Å². The van der Waals surface area contributed by atoms with Crippen LogP contribution < -0.4 is 0 Å². The van der Waals surface area contributed by atoms with Crippen LogP contribution in [0.3, 0.4) is 0 Å². The van der Waals surface area contributed by atoms with Crippen LogP contribution in [0.4, 0.5) is 0 Å². The molecule has 0 rings (SSSR count). The normalized spacial score (nSPS) is 14.6. The van der Waals surface area contributed by atoms with Gasteiger partial charge in [-0.2, -0.15) is 0 Å². The summed E-state index contributed by atoms with van der Waals surface area (Å²) in [6.07, 6.45) is 33.9. The summed E-state index contributed by atoms with van der Waals surface area (Å²) in [6.45, 7) is 2.15. The molecule has 0 saturated carbocycles. The number of esters is 2. The molecule has 0 aromatic heterocycles. The minimum absolute atomic E-state index is 0.0631. The molecule has 49 heavy (non-hydrogen) atoms. The number of ether oxygens (including phenoxy) is 2. The summed E-state index contributed by atoms with van der Waals surface area (Å²) in [5.74, 6) is -1.02. The van der Waals surface area contributed by atoms with Gasteiger partial charge < -0.3 is 24.6 Å². The van der Waals surface area contributed by atoms with Crippen molar-refractivity contribution in [3.05, 3.63) is 48.6 Å². The Labute approximate surface area is 296 Å². The van der Waals surface area contributed by atoms with Crippen molar-refractivity contribution in [1.82, 2.24) is 0 Å². The molecule has 0 saturated heterocycles. The number of rotatable bonds is 34. The van der Waals surface area contributed by atoms with Crippen molar-refractivity contribution in [3.63, 3.8) is 0 Å². The van der Waals surface area contributed by atoms with Gasteiger partial charge >= 0.3 is 19.8 Å². The van der Waals surface area contributed by atoms with E-state index in [1.807, 2.05) is 12.2 Å². The monoisotopic (exact) mass is 714 g/mol. The van der Waals surface area contributed by atoms with E-state index in [0.29, 0.717) is 12.8 Å². The van der Waals surface area contributed by atoms with Gasteiger partial charge in [-0.25, -0.2) is 4.57 Å². The molecule has 0 fully saturated rings. The van der Waals surface area contributed by atoms with Crippen LogP contribution in [0, 0.1) is 0 Å². The zero-order valence-corrected chi connectivity index (χ0v) is 31.3. The van der Waals surface area contributed by atoms with E-state index in [1.54, 1.807) is 0 Å². The molecule has 3 unspecified atom stereocenters. The van der Waals surface area contributed by atoms with Gasteiger partial charge in [0.25, 0.3) is 0 Å². The van der Waals surface area contributed by atoms with Crippen molar-refractivity contribution in [2.45, 2.75) is 154 Å². The second-order valence-corrected chi connectivity index (χ2v) is 13.7. The van der Waals surface area contributed by atoms with Crippen molar-refractivity contribution in [2.24, 2.45) is 0 Å². The molecule has 0 amide bonds. The molecule has 10 nitrogen and oxygen atoms in total. The van der Waals surface area contributed by atoms with Gasteiger partial charge in [0.2, 0.25) is 0 Å². The molecule has 0 bridgehead atoms. The van der Waals surface area contributed by atoms with Gasteiger partial charge in [-0.3, -0.25) is 18.6 Å². The lowest BCUT2D eigenvalue weighted by Crippen LogP contribution is -2.29. The minimum atomic E-state index is -4.63. The standard InChI is InChI=1S/C38H67O10P/c1-3-5-7-9-11-13-15-17-19-21-23-25-27-29-37(41)45-33-36(34-47-49(43,44)46-32-35(40)31-39)48-38(42)30-28-26-24-22-20-18-16-14-12-10-8-6-4-2/h6,8,12,14,18,20,24,26,35-36,39-40H,3-5,7,9-11,13,15-17,19,21-23,25,27-34H2,1-2H3,(H,43,44)/b8-6-,14-12-,20-18-,26-24-. The maximum atomic E-state index is 12.5. The number of aliphatic hydroxyl groups excluding tert-OH is 2. The topological polar surface area (TPSA) is 149 Å². The fourth-order valence-corrected chi connectivity index (χ4v) is 5.44. The van der Waals surface area contributed by atoms with Crippen molar-refractivity contribution < 1.29 is 47.8 Å². The van der Waals surface area contributed by atoms with E-state index in [1.165, 1.54) is 57.8 Å². The summed E-state index contributed by atoms with van der Waals surface area (Å²) in [6, 6.07) is 0. The Morgan fingerprint density at radius 3 is 1.65 bits per heavy atom. The van der Waals surface area contributed by atoms with Gasteiger partial charge in [0.15, 0.2) is 6.10 Å². The molecule has 0 aliphatic carbocycles. The molecule has 0 heterocycles. The molecular formula is C38H67O10P. The molecule has 0 aromatic carbocycles. The third-order valence-corrected chi connectivity index (χ3v) is 8.46. The zero-order chi connectivity index (χ0) is 36.3. The predicted molar refractivity (Wildman–Crippen MR) is 196 cm³/mol. The number of hydrogen-bond donors (Lipinski definition) is 3. The first-order chi connectivity index (χ1) is 23.7. The predicted octanol–water partition coefficient (Wildman–Crippen LogP) is 8.99. The number of allylic oxidation sites excluding steroid dienone is 8. The summed E-state index contributed by atoms with van der Waals surface area (Å²) in [5, 5.41) is 18.2. The van der Waals surface area contributed by atoms with Crippen LogP contribution in [-0.2, 0) is 32.7 Å². The lowest BCUT2D eigenvalue weighted by atomic mass is 10.0. The number of carbonyl (C=O) groups is 2. The molecular weight excluding hydrogens is 647 g/mol. The lowest BCUT2D eigenvalue weighted by Gasteiger charge is -2.20. The Morgan fingerprint density at radius 2 is 1.12 bits per heavy atom. The Bertz CT molecular complexity index is 962. The van der Waals surface area contributed by atoms with Crippen molar-refractivity contribution >= 4 is 19.8 Å². The summed E-state index contributed by atoms with van der Waals surface area (Å²) < 4.78 is 32.4. The Balaban J connectivity index is 4.49. The molecule has 0 aliphatic heterocycles. The quantitative estimate of drug-likeness (QED) is 0.0255. The number of unbranched alkanes of at least 4 members (excludes halogenated alkanes) is 12. The van der Waals surface area contributed by atoms with E-state index in [0.717, 1.165) is 44.9 Å². The van der Waals surface area contributed by atoms with E-state index in [2.05, 4.69) is 54.8 Å². The van der Waals surface area contributed by atoms with Crippen LogP contribution in [0.1, 0.15) is 142 Å². The molecule has 3 atom stereocenters. The minimum Gasteiger partial charge on any atom is -0.462 e. The Kier molecular flexibility index (Phi) is 32.9.